The zero-order valence-corrected chi connectivity index (χ0v) is 20.3. The maximum Gasteiger partial charge on any atom is 0.419 e. The number of sulfone groups is 1. The van der Waals surface area contributed by atoms with Crippen molar-refractivity contribution in [2.45, 2.75) is 26.4 Å². The van der Waals surface area contributed by atoms with Crippen molar-refractivity contribution in [1.29, 1.82) is 0 Å². The molecular weight excluding hydrogens is 475 g/mol. The number of anilines is 2. The Balaban J connectivity index is 1.68. The molecule has 184 valence electrons. The van der Waals surface area contributed by atoms with Gasteiger partial charge in [-0.25, -0.2) is 17.6 Å². The molecule has 1 atom stereocenters. The minimum atomic E-state index is -3.13. The molecule has 1 aromatic heterocycles. The molecule has 2 amide bonds. The molecule has 4 rings (SSSR count). The van der Waals surface area contributed by atoms with Crippen molar-refractivity contribution in [3.8, 4) is 16.9 Å². The van der Waals surface area contributed by atoms with Gasteiger partial charge in [0, 0.05) is 31.5 Å². The largest absolute Gasteiger partial charge is 0.419 e. The molecule has 2 heterocycles. The van der Waals surface area contributed by atoms with E-state index in [1.165, 1.54) is 42.3 Å². The lowest BCUT2D eigenvalue weighted by molar-refractivity contribution is -0.117. The minimum Gasteiger partial charge on any atom is -0.410 e. The number of benzene rings is 2. The topological polar surface area (TPSA) is 102 Å². The van der Waals surface area contributed by atoms with Crippen molar-refractivity contribution >= 4 is 33.2 Å². The average Bonchev–Trinajstić information content (AvgIpc) is 3.27. The monoisotopic (exact) mass is 500 g/mol. The summed E-state index contributed by atoms with van der Waals surface area (Å²) in [6, 6.07) is 10.2. The maximum absolute atomic E-state index is 13.2. The predicted molar refractivity (Wildman–Crippen MR) is 130 cm³/mol. The number of aromatic nitrogens is 2. The second kappa shape index (κ2) is 9.49. The molecule has 0 N–H and O–H groups in total. The number of rotatable bonds is 5. The van der Waals surface area contributed by atoms with Crippen LogP contribution in [0.2, 0.25) is 0 Å². The molecule has 0 bridgehead atoms. The van der Waals surface area contributed by atoms with Crippen LogP contribution in [0.25, 0.3) is 11.1 Å². The number of aryl methyl sites for hydroxylation is 1. The Morgan fingerprint density at radius 1 is 1.11 bits per heavy atom. The van der Waals surface area contributed by atoms with Crippen LogP contribution in [0, 0.1) is 5.82 Å². The van der Waals surface area contributed by atoms with Gasteiger partial charge in [-0.3, -0.25) is 14.4 Å². The van der Waals surface area contributed by atoms with E-state index in [4.69, 9.17) is 4.74 Å². The summed E-state index contributed by atoms with van der Waals surface area (Å²) in [4.78, 5) is 28.5. The number of amides is 2. The van der Waals surface area contributed by atoms with Crippen LogP contribution in [0.5, 0.6) is 5.75 Å². The number of carbonyl (C=O) groups excluding carboxylic acids is 2. The standard InChI is InChI=1S/C24H25FN4O5S/c1-16-14-28(24(31)34-21-7-5-20(25)6-8-21)23-12-18(4-9-22(23)29(16)17(2)30)19-13-26-27(15-19)10-11-35(3,32)33/h4-9,12-13,15-16H,10-11,14H2,1-3H3/t16-/m0/s1. The molecule has 11 heteroatoms. The van der Waals surface area contributed by atoms with E-state index in [2.05, 4.69) is 5.10 Å². The summed E-state index contributed by atoms with van der Waals surface area (Å²) in [5.41, 5.74) is 2.49. The van der Waals surface area contributed by atoms with Crippen LogP contribution in [0.1, 0.15) is 13.8 Å². The Kier molecular flexibility index (Phi) is 6.62. The zero-order valence-electron chi connectivity index (χ0n) is 19.5. The van der Waals surface area contributed by atoms with Crippen LogP contribution in [-0.2, 0) is 21.2 Å². The summed E-state index contributed by atoms with van der Waals surface area (Å²) >= 11 is 0. The summed E-state index contributed by atoms with van der Waals surface area (Å²) in [6.45, 7) is 3.72. The normalized spacial score (nSPS) is 15.6. The fraction of sp³-hybridized carbons (Fsp3) is 0.292. The fourth-order valence-electron chi connectivity index (χ4n) is 4.01. The highest BCUT2D eigenvalue weighted by molar-refractivity contribution is 7.90. The van der Waals surface area contributed by atoms with E-state index in [-0.39, 0.29) is 36.5 Å². The van der Waals surface area contributed by atoms with Gasteiger partial charge in [0.2, 0.25) is 5.91 Å². The summed E-state index contributed by atoms with van der Waals surface area (Å²) < 4.78 is 43.2. The van der Waals surface area contributed by atoms with Crippen molar-refractivity contribution in [2.75, 3.05) is 28.4 Å². The Labute approximate surface area is 202 Å². The number of ether oxygens (including phenoxy) is 1. The molecule has 35 heavy (non-hydrogen) atoms. The minimum absolute atomic E-state index is 0.0349. The molecule has 0 unspecified atom stereocenters. The van der Waals surface area contributed by atoms with E-state index >= 15 is 0 Å². The van der Waals surface area contributed by atoms with Gasteiger partial charge in [-0.15, -0.1) is 0 Å². The first-order chi connectivity index (χ1) is 16.5. The molecule has 0 fully saturated rings. The lowest BCUT2D eigenvalue weighted by Gasteiger charge is -2.40. The van der Waals surface area contributed by atoms with E-state index in [9.17, 15) is 22.4 Å². The lowest BCUT2D eigenvalue weighted by atomic mass is 10.0. The van der Waals surface area contributed by atoms with Crippen LogP contribution < -0.4 is 14.5 Å². The molecule has 3 aromatic rings. The Bertz CT molecular complexity index is 1370. The summed E-state index contributed by atoms with van der Waals surface area (Å²) in [6.07, 6.45) is 3.85. The van der Waals surface area contributed by atoms with Gasteiger partial charge in [-0.1, -0.05) is 6.07 Å². The molecule has 0 aliphatic carbocycles. The smallest absolute Gasteiger partial charge is 0.410 e. The highest BCUT2D eigenvalue weighted by Crippen LogP contribution is 2.39. The Morgan fingerprint density at radius 2 is 1.83 bits per heavy atom. The van der Waals surface area contributed by atoms with E-state index in [0.29, 0.717) is 11.4 Å². The van der Waals surface area contributed by atoms with Crippen LogP contribution >= 0.6 is 0 Å². The second-order valence-electron chi connectivity index (χ2n) is 8.50. The predicted octanol–water partition coefficient (Wildman–Crippen LogP) is 3.49. The number of hydrogen-bond acceptors (Lipinski definition) is 6. The number of nitrogens with zero attached hydrogens (tertiary/aromatic N) is 4. The van der Waals surface area contributed by atoms with Gasteiger partial charge in [0.25, 0.3) is 0 Å². The second-order valence-corrected chi connectivity index (χ2v) is 10.8. The Hall–Kier alpha value is -3.73. The van der Waals surface area contributed by atoms with Gasteiger partial charge in [0.15, 0.2) is 0 Å². The van der Waals surface area contributed by atoms with E-state index in [1.807, 2.05) is 13.0 Å². The third-order valence-electron chi connectivity index (χ3n) is 5.65. The van der Waals surface area contributed by atoms with Gasteiger partial charge in [-0.05, 0) is 48.9 Å². The number of carbonyl (C=O) groups is 2. The molecule has 9 nitrogen and oxygen atoms in total. The first-order valence-corrected chi connectivity index (χ1v) is 13.0. The third kappa shape index (κ3) is 5.51. The SMILES string of the molecule is CC(=O)N1c2ccc(-c3cnn(CCS(C)(=O)=O)c3)cc2N(C(=O)Oc2ccc(F)cc2)C[C@@H]1C. The lowest BCUT2D eigenvalue weighted by Crippen LogP contribution is -2.52. The van der Waals surface area contributed by atoms with Gasteiger partial charge in [-0.2, -0.15) is 5.10 Å². The molecular formula is C24H25FN4O5S. The van der Waals surface area contributed by atoms with Gasteiger partial charge in [0.1, 0.15) is 21.4 Å². The quantitative estimate of drug-likeness (QED) is 0.532. The number of fused-ring (bicyclic) bond motifs is 1. The Morgan fingerprint density at radius 3 is 2.49 bits per heavy atom. The molecule has 0 spiro atoms. The van der Waals surface area contributed by atoms with Crippen molar-refractivity contribution in [1.82, 2.24) is 9.78 Å². The van der Waals surface area contributed by atoms with Crippen molar-refractivity contribution in [3.05, 3.63) is 60.7 Å². The summed E-state index contributed by atoms with van der Waals surface area (Å²) in [7, 11) is -3.13. The van der Waals surface area contributed by atoms with Crippen LogP contribution in [-0.4, -0.2) is 54.8 Å². The van der Waals surface area contributed by atoms with Crippen molar-refractivity contribution in [2.24, 2.45) is 0 Å². The van der Waals surface area contributed by atoms with Crippen LogP contribution in [0.4, 0.5) is 20.6 Å². The van der Waals surface area contributed by atoms with Gasteiger partial charge < -0.3 is 9.64 Å². The van der Waals surface area contributed by atoms with Crippen LogP contribution in [0.15, 0.2) is 54.9 Å². The van der Waals surface area contributed by atoms with E-state index in [1.54, 1.807) is 34.1 Å². The zero-order chi connectivity index (χ0) is 25.3. The van der Waals surface area contributed by atoms with Crippen molar-refractivity contribution in [3.63, 3.8) is 0 Å². The van der Waals surface area contributed by atoms with E-state index < -0.39 is 21.7 Å². The number of hydrogen-bond donors (Lipinski definition) is 0. The molecule has 1 aliphatic heterocycles. The first kappa shape index (κ1) is 24.4. The highest BCUT2D eigenvalue weighted by atomic mass is 32.2. The fourth-order valence-corrected chi connectivity index (χ4v) is 4.53. The van der Waals surface area contributed by atoms with Gasteiger partial charge >= 0.3 is 6.09 Å². The van der Waals surface area contributed by atoms with Crippen LogP contribution in [0.3, 0.4) is 0 Å². The van der Waals surface area contributed by atoms with Gasteiger partial charge in [0.05, 0.1) is 35.9 Å². The summed E-state index contributed by atoms with van der Waals surface area (Å²) in [5, 5.41) is 4.23. The third-order valence-corrected chi connectivity index (χ3v) is 6.57. The highest BCUT2D eigenvalue weighted by Gasteiger charge is 2.35. The molecule has 1 aliphatic rings. The maximum atomic E-state index is 13.2. The van der Waals surface area contributed by atoms with E-state index in [0.717, 1.165) is 11.1 Å². The first-order valence-electron chi connectivity index (χ1n) is 10.9. The average molecular weight is 501 g/mol. The molecule has 2 aromatic carbocycles. The molecule has 0 saturated heterocycles. The number of halogens is 1. The molecule has 0 saturated carbocycles. The summed E-state index contributed by atoms with van der Waals surface area (Å²) in [5.74, 6) is -0.442. The molecule has 0 radical (unpaired) electrons. The van der Waals surface area contributed by atoms with Crippen molar-refractivity contribution < 1.29 is 27.1 Å².